The lowest BCUT2D eigenvalue weighted by Gasteiger charge is -2.32. The molecule has 1 fully saturated rings. The average Bonchev–Trinajstić information content (AvgIpc) is 2.80. The zero-order valence-corrected chi connectivity index (χ0v) is 11.1. The molecule has 5 heteroatoms. The molecule has 2 aliphatic heterocycles. The van der Waals surface area contributed by atoms with Gasteiger partial charge in [0.25, 0.3) is 5.91 Å². The minimum absolute atomic E-state index is 0.0157. The van der Waals surface area contributed by atoms with E-state index < -0.39 is 0 Å². The fourth-order valence-electron chi connectivity index (χ4n) is 3.18. The van der Waals surface area contributed by atoms with Gasteiger partial charge in [-0.1, -0.05) is 0 Å². The molecular formula is C13H19N3O2. The number of fused-ring (bicyclic) bond motifs is 1. The number of carbonyl (C=O) groups excluding carboxylic acids is 1. The van der Waals surface area contributed by atoms with E-state index in [9.17, 15) is 4.79 Å². The number of ether oxygens (including phenoxy) is 1. The normalized spacial score (nSPS) is 31.3. The molecule has 98 valence electrons. The molecular weight excluding hydrogens is 230 g/mol. The smallest absolute Gasteiger partial charge is 0.255 e. The quantitative estimate of drug-likeness (QED) is 0.821. The number of carbonyl (C=O) groups is 1. The molecule has 1 N–H and O–H groups in total. The average molecular weight is 249 g/mol. The number of rotatable bonds is 1. The van der Waals surface area contributed by atoms with E-state index >= 15 is 0 Å². The highest BCUT2D eigenvalue weighted by atomic mass is 16.5. The van der Waals surface area contributed by atoms with E-state index in [1.807, 2.05) is 6.92 Å². The lowest BCUT2D eigenvalue weighted by atomic mass is 10.00. The van der Waals surface area contributed by atoms with Gasteiger partial charge in [-0.25, -0.2) is 0 Å². The van der Waals surface area contributed by atoms with E-state index in [2.05, 4.69) is 28.9 Å². The minimum Gasteiger partial charge on any atom is -0.375 e. The summed E-state index contributed by atoms with van der Waals surface area (Å²) in [6, 6.07) is 0.346. The maximum atomic E-state index is 11.7. The van der Waals surface area contributed by atoms with Crippen LogP contribution in [0.5, 0.6) is 0 Å². The van der Waals surface area contributed by atoms with Crippen molar-refractivity contribution in [3.8, 4) is 0 Å². The monoisotopic (exact) mass is 249 g/mol. The topological polar surface area (TPSA) is 56.2 Å². The second-order valence-electron chi connectivity index (χ2n) is 5.42. The number of aryl methyl sites for hydroxylation is 1. The first kappa shape index (κ1) is 11.7. The van der Waals surface area contributed by atoms with Crippen LogP contribution in [0.3, 0.4) is 0 Å². The fraction of sp³-hybridized carbons (Fsp3) is 0.692. The molecule has 0 radical (unpaired) electrons. The summed E-state index contributed by atoms with van der Waals surface area (Å²) in [7, 11) is 0. The third kappa shape index (κ3) is 1.73. The Kier molecular flexibility index (Phi) is 2.66. The first-order valence-corrected chi connectivity index (χ1v) is 6.58. The summed E-state index contributed by atoms with van der Waals surface area (Å²) in [5.74, 6) is 0.0157. The highest BCUT2D eigenvalue weighted by Crippen LogP contribution is 2.32. The molecule has 3 heterocycles. The predicted octanol–water partition coefficient (Wildman–Crippen LogP) is 1.56. The van der Waals surface area contributed by atoms with Crippen molar-refractivity contribution in [1.82, 2.24) is 15.1 Å². The van der Waals surface area contributed by atoms with Gasteiger partial charge in [0.15, 0.2) is 0 Å². The van der Waals surface area contributed by atoms with Crippen LogP contribution >= 0.6 is 0 Å². The largest absolute Gasteiger partial charge is 0.375 e. The Balaban J connectivity index is 1.96. The Bertz CT molecular complexity index is 485. The molecule has 0 saturated carbocycles. The van der Waals surface area contributed by atoms with Gasteiger partial charge < -0.3 is 10.1 Å². The van der Waals surface area contributed by atoms with E-state index in [0.717, 1.165) is 29.8 Å². The van der Waals surface area contributed by atoms with E-state index in [-0.39, 0.29) is 18.1 Å². The molecule has 2 aliphatic rings. The summed E-state index contributed by atoms with van der Waals surface area (Å²) < 4.78 is 7.82. The van der Waals surface area contributed by atoms with Gasteiger partial charge in [-0.15, -0.1) is 0 Å². The molecule has 1 saturated heterocycles. The van der Waals surface area contributed by atoms with Crippen LogP contribution in [0.2, 0.25) is 0 Å². The Morgan fingerprint density at radius 2 is 2.00 bits per heavy atom. The zero-order chi connectivity index (χ0) is 12.9. The minimum atomic E-state index is 0.0157. The number of hydrogen-bond donors (Lipinski definition) is 1. The molecule has 18 heavy (non-hydrogen) atoms. The van der Waals surface area contributed by atoms with Crippen molar-refractivity contribution in [1.29, 1.82) is 0 Å². The molecule has 1 aromatic rings. The number of nitrogens with zero attached hydrogens (tertiary/aromatic N) is 2. The van der Waals surface area contributed by atoms with Gasteiger partial charge >= 0.3 is 0 Å². The summed E-state index contributed by atoms with van der Waals surface area (Å²) in [4.78, 5) is 11.7. The molecule has 1 amide bonds. The van der Waals surface area contributed by atoms with Gasteiger partial charge in [0.05, 0.1) is 41.7 Å². The van der Waals surface area contributed by atoms with Crippen LogP contribution in [0, 0.1) is 6.92 Å². The standard InChI is InChI=1S/C13H19N3O2/c1-7-4-10(5-8(2)18-7)16-11-6-14-13(17)12(11)9(3)15-16/h7-8,10H,4-6H2,1-3H3,(H,14,17). The van der Waals surface area contributed by atoms with Gasteiger partial charge in [-0.05, 0) is 33.6 Å². The molecule has 0 aromatic carbocycles. The Morgan fingerprint density at radius 1 is 1.33 bits per heavy atom. The summed E-state index contributed by atoms with van der Waals surface area (Å²) in [5, 5.41) is 7.45. The van der Waals surface area contributed by atoms with Crippen molar-refractivity contribution < 1.29 is 9.53 Å². The first-order valence-electron chi connectivity index (χ1n) is 6.58. The van der Waals surface area contributed by atoms with Crippen LogP contribution in [-0.2, 0) is 11.3 Å². The van der Waals surface area contributed by atoms with Crippen LogP contribution in [0.25, 0.3) is 0 Å². The van der Waals surface area contributed by atoms with E-state index in [1.165, 1.54) is 0 Å². The van der Waals surface area contributed by atoms with Gasteiger partial charge in [0, 0.05) is 0 Å². The van der Waals surface area contributed by atoms with Crippen LogP contribution in [0.1, 0.15) is 54.5 Å². The maximum absolute atomic E-state index is 11.7. The fourth-order valence-corrected chi connectivity index (χ4v) is 3.18. The Labute approximate surface area is 107 Å². The predicted molar refractivity (Wildman–Crippen MR) is 66.4 cm³/mol. The van der Waals surface area contributed by atoms with Gasteiger partial charge in [-0.3, -0.25) is 9.48 Å². The van der Waals surface area contributed by atoms with Crippen molar-refractivity contribution in [3.05, 3.63) is 17.0 Å². The summed E-state index contributed by atoms with van der Waals surface area (Å²) in [5.41, 5.74) is 2.66. The molecule has 2 atom stereocenters. The molecule has 0 aliphatic carbocycles. The van der Waals surface area contributed by atoms with Gasteiger partial charge in [0.2, 0.25) is 0 Å². The molecule has 0 bridgehead atoms. The Morgan fingerprint density at radius 3 is 2.67 bits per heavy atom. The van der Waals surface area contributed by atoms with Crippen molar-refractivity contribution >= 4 is 5.91 Å². The SMILES string of the molecule is Cc1nn(C2CC(C)OC(C)C2)c2c1C(=O)NC2. The third-order valence-electron chi connectivity index (χ3n) is 3.85. The maximum Gasteiger partial charge on any atom is 0.255 e. The lowest BCUT2D eigenvalue weighted by Crippen LogP contribution is -2.32. The molecule has 5 nitrogen and oxygen atoms in total. The summed E-state index contributed by atoms with van der Waals surface area (Å²) in [6.07, 6.45) is 2.44. The number of nitrogens with one attached hydrogen (secondary N) is 1. The van der Waals surface area contributed by atoms with Gasteiger partial charge in [-0.2, -0.15) is 5.10 Å². The molecule has 2 unspecified atom stereocenters. The Hall–Kier alpha value is -1.36. The molecule has 3 rings (SSSR count). The van der Waals surface area contributed by atoms with E-state index in [1.54, 1.807) is 0 Å². The molecule has 0 spiro atoms. The van der Waals surface area contributed by atoms with Crippen LogP contribution in [0.15, 0.2) is 0 Å². The van der Waals surface area contributed by atoms with Gasteiger partial charge in [0.1, 0.15) is 0 Å². The number of hydrogen-bond acceptors (Lipinski definition) is 3. The highest BCUT2D eigenvalue weighted by molar-refractivity contribution is 5.98. The zero-order valence-electron chi connectivity index (χ0n) is 11.1. The lowest BCUT2D eigenvalue weighted by molar-refractivity contribution is -0.0510. The van der Waals surface area contributed by atoms with E-state index in [0.29, 0.717) is 12.6 Å². The van der Waals surface area contributed by atoms with Crippen molar-refractivity contribution in [3.63, 3.8) is 0 Å². The van der Waals surface area contributed by atoms with Crippen molar-refractivity contribution in [2.45, 2.75) is 58.4 Å². The van der Waals surface area contributed by atoms with Crippen LogP contribution in [-0.4, -0.2) is 27.9 Å². The van der Waals surface area contributed by atoms with Crippen molar-refractivity contribution in [2.24, 2.45) is 0 Å². The summed E-state index contributed by atoms with van der Waals surface area (Å²) in [6.45, 7) is 6.72. The number of aromatic nitrogens is 2. The number of amides is 1. The van der Waals surface area contributed by atoms with Crippen LogP contribution < -0.4 is 5.32 Å². The van der Waals surface area contributed by atoms with Crippen LogP contribution in [0.4, 0.5) is 0 Å². The second kappa shape index (κ2) is 4.09. The molecule has 1 aromatic heterocycles. The highest BCUT2D eigenvalue weighted by Gasteiger charge is 2.33. The van der Waals surface area contributed by atoms with Crippen molar-refractivity contribution in [2.75, 3.05) is 0 Å². The second-order valence-corrected chi connectivity index (χ2v) is 5.42. The first-order chi connectivity index (χ1) is 8.56. The third-order valence-corrected chi connectivity index (χ3v) is 3.85. The summed E-state index contributed by atoms with van der Waals surface area (Å²) >= 11 is 0. The van der Waals surface area contributed by atoms with E-state index in [4.69, 9.17) is 4.74 Å².